The first kappa shape index (κ1) is 14.6. The van der Waals surface area contributed by atoms with Crippen molar-refractivity contribution < 1.29 is 4.79 Å². The number of amides is 1. The number of nitrogens with one attached hydrogen (secondary N) is 1. The lowest BCUT2D eigenvalue weighted by molar-refractivity contribution is -0.116. The third-order valence-corrected chi connectivity index (χ3v) is 2.98. The van der Waals surface area contributed by atoms with Crippen LogP contribution < -0.4 is 21.5 Å². The van der Waals surface area contributed by atoms with E-state index >= 15 is 0 Å². The monoisotopic (exact) mass is 286 g/mol. The van der Waals surface area contributed by atoms with Crippen molar-refractivity contribution in [3.8, 4) is 0 Å². The molecule has 0 fully saturated rings. The van der Waals surface area contributed by atoms with Crippen LogP contribution in [0.4, 0.5) is 17.1 Å². The van der Waals surface area contributed by atoms with Gasteiger partial charge in [0.15, 0.2) is 0 Å². The topological polar surface area (TPSA) is 80.4 Å². The molecule has 0 unspecified atom stereocenters. The van der Waals surface area contributed by atoms with Gasteiger partial charge in [-0.05, 0) is 18.2 Å². The molecule has 0 saturated carbocycles. The van der Waals surface area contributed by atoms with E-state index in [0.29, 0.717) is 11.4 Å². The molecular weight excluding hydrogens is 268 g/mol. The highest BCUT2D eigenvalue weighted by molar-refractivity contribution is 5.94. The van der Waals surface area contributed by atoms with Crippen LogP contribution >= 0.6 is 0 Å². The summed E-state index contributed by atoms with van der Waals surface area (Å²) in [4.78, 5) is 25.6. The molecular formula is C15H18N4O2. The molecule has 0 aliphatic rings. The predicted molar refractivity (Wildman–Crippen MR) is 84.5 cm³/mol. The zero-order valence-corrected chi connectivity index (χ0v) is 12.0. The van der Waals surface area contributed by atoms with Gasteiger partial charge in [0.2, 0.25) is 5.91 Å². The van der Waals surface area contributed by atoms with Gasteiger partial charge in [0.25, 0.3) is 5.56 Å². The minimum Gasteiger partial charge on any atom is -0.398 e. The minimum atomic E-state index is -0.281. The number of carbonyl (C=O) groups excluding carboxylic acids is 1. The van der Waals surface area contributed by atoms with Crippen LogP contribution in [0.15, 0.2) is 47.4 Å². The average Bonchev–Trinajstić information content (AvgIpc) is 2.43. The number of rotatable bonds is 4. The first-order chi connectivity index (χ1) is 9.97. The second-order valence-electron chi connectivity index (χ2n) is 4.89. The Hall–Kier alpha value is -2.76. The number of nitrogens with two attached hydrogens (primary N) is 1. The molecule has 1 aromatic carbocycles. The lowest BCUT2D eigenvalue weighted by Gasteiger charge is -2.17. The van der Waals surface area contributed by atoms with Gasteiger partial charge < -0.3 is 20.5 Å². The van der Waals surface area contributed by atoms with Gasteiger partial charge in [-0.15, -0.1) is 0 Å². The van der Waals surface area contributed by atoms with Gasteiger partial charge in [-0.2, -0.15) is 0 Å². The fraction of sp³-hybridized carbons (Fsp3) is 0.200. The second-order valence-corrected chi connectivity index (χ2v) is 4.89. The summed E-state index contributed by atoms with van der Waals surface area (Å²) < 4.78 is 1.28. The van der Waals surface area contributed by atoms with E-state index < -0.39 is 0 Å². The zero-order chi connectivity index (χ0) is 15.4. The Kier molecular flexibility index (Phi) is 4.27. The highest BCUT2D eigenvalue weighted by Crippen LogP contribution is 2.23. The predicted octanol–water partition coefficient (Wildman–Crippen LogP) is 1.14. The number of carbonyl (C=O) groups is 1. The molecule has 110 valence electrons. The van der Waals surface area contributed by atoms with E-state index in [1.807, 2.05) is 43.3 Å². The normalized spacial score (nSPS) is 10.2. The van der Waals surface area contributed by atoms with Crippen LogP contribution in [0.1, 0.15) is 0 Å². The maximum absolute atomic E-state index is 12.1. The molecule has 0 spiro atoms. The summed E-state index contributed by atoms with van der Waals surface area (Å²) in [6, 6.07) is 10.3. The Labute approximate surface area is 122 Å². The molecule has 0 bridgehead atoms. The molecule has 6 heteroatoms. The van der Waals surface area contributed by atoms with E-state index in [2.05, 4.69) is 5.32 Å². The maximum atomic E-state index is 12.1. The van der Waals surface area contributed by atoms with Crippen LogP contribution in [0.3, 0.4) is 0 Å². The van der Waals surface area contributed by atoms with Gasteiger partial charge in [-0.25, -0.2) is 0 Å². The van der Waals surface area contributed by atoms with Crippen molar-refractivity contribution in [1.82, 2.24) is 4.57 Å². The van der Waals surface area contributed by atoms with Gasteiger partial charge in [-0.3, -0.25) is 9.59 Å². The number of para-hydroxylation sites is 2. The molecule has 1 aromatic heterocycles. The summed E-state index contributed by atoms with van der Waals surface area (Å²) in [6.45, 7) is -0.0777. The number of hydrogen-bond donors (Lipinski definition) is 2. The summed E-state index contributed by atoms with van der Waals surface area (Å²) in [5, 5.41) is 2.81. The molecule has 1 amide bonds. The molecule has 2 aromatic rings. The van der Waals surface area contributed by atoms with Gasteiger partial charge in [0.05, 0.1) is 11.4 Å². The minimum absolute atomic E-state index is 0.0777. The summed E-state index contributed by atoms with van der Waals surface area (Å²) in [6.07, 6.45) is 1.46. The fourth-order valence-corrected chi connectivity index (χ4v) is 1.99. The summed E-state index contributed by atoms with van der Waals surface area (Å²) >= 11 is 0. The van der Waals surface area contributed by atoms with E-state index in [-0.39, 0.29) is 18.0 Å². The quantitative estimate of drug-likeness (QED) is 0.883. The van der Waals surface area contributed by atoms with Crippen molar-refractivity contribution in [2.45, 2.75) is 6.54 Å². The number of pyridine rings is 1. The van der Waals surface area contributed by atoms with Crippen LogP contribution in [0.5, 0.6) is 0 Å². The number of anilines is 3. The number of aromatic nitrogens is 1. The molecule has 0 atom stereocenters. The Morgan fingerprint density at radius 3 is 2.67 bits per heavy atom. The molecule has 0 aliphatic heterocycles. The molecule has 6 nitrogen and oxygen atoms in total. The summed E-state index contributed by atoms with van der Waals surface area (Å²) in [5.74, 6) is -0.281. The first-order valence-electron chi connectivity index (χ1n) is 6.49. The van der Waals surface area contributed by atoms with Crippen LogP contribution in [0.2, 0.25) is 0 Å². The highest BCUT2D eigenvalue weighted by Gasteiger charge is 2.09. The summed E-state index contributed by atoms with van der Waals surface area (Å²) in [5.41, 5.74) is 7.39. The Balaban J connectivity index is 2.16. The molecule has 0 saturated heterocycles. The molecule has 1 heterocycles. The Morgan fingerprint density at radius 2 is 1.95 bits per heavy atom. The van der Waals surface area contributed by atoms with E-state index in [0.717, 1.165) is 5.69 Å². The highest BCUT2D eigenvalue weighted by atomic mass is 16.2. The molecule has 2 rings (SSSR count). The third kappa shape index (κ3) is 3.62. The van der Waals surface area contributed by atoms with Gasteiger partial charge in [0.1, 0.15) is 6.54 Å². The van der Waals surface area contributed by atoms with Crippen molar-refractivity contribution in [2.75, 3.05) is 30.0 Å². The maximum Gasteiger partial charge on any atom is 0.251 e. The van der Waals surface area contributed by atoms with Crippen molar-refractivity contribution >= 4 is 23.0 Å². The van der Waals surface area contributed by atoms with Crippen molar-refractivity contribution in [2.24, 2.45) is 0 Å². The fourth-order valence-electron chi connectivity index (χ4n) is 1.99. The van der Waals surface area contributed by atoms with E-state index in [4.69, 9.17) is 5.73 Å². The zero-order valence-electron chi connectivity index (χ0n) is 12.0. The Morgan fingerprint density at radius 1 is 1.24 bits per heavy atom. The van der Waals surface area contributed by atoms with Crippen LogP contribution in [0.25, 0.3) is 0 Å². The van der Waals surface area contributed by atoms with E-state index in [1.165, 1.54) is 22.9 Å². The SMILES string of the molecule is CN(C)c1ccccc1NC(=O)Cn1cc(N)ccc1=O. The average molecular weight is 286 g/mol. The van der Waals surface area contributed by atoms with Crippen LogP contribution in [0, 0.1) is 0 Å². The number of hydrogen-bond acceptors (Lipinski definition) is 4. The number of nitrogens with zero attached hydrogens (tertiary/aromatic N) is 2. The molecule has 3 N–H and O–H groups in total. The van der Waals surface area contributed by atoms with Crippen molar-refractivity contribution in [3.63, 3.8) is 0 Å². The standard InChI is InChI=1S/C15H18N4O2/c1-18(2)13-6-4-3-5-12(13)17-14(20)10-19-9-11(16)7-8-15(19)21/h3-9H,10,16H2,1-2H3,(H,17,20). The number of benzene rings is 1. The largest absolute Gasteiger partial charge is 0.398 e. The van der Waals surface area contributed by atoms with Crippen molar-refractivity contribution in [3.05, 3.63) is 52.9 Å². The first-order valence-corrected chi connectivity index (χ1v) is 6.49. The molecule has 0 radical (unpaired) electrons. The van der Waals surface area contributed by atoms with Crippen LogP contribution in [-0.2, 0) is 11.3 Å². The van der Waals surface area contributed by atoms with Crippen LogP contribution in [-0.4, -0.2) is 24.6 Å². The van der Waals surface area contributed by atoms with E-state index in [9.17, 15) is 9.59 Å². The smallest absolute Gasteiger partial charge is 0.251 e. The van der Waals surface area contributed by atoms with E-state index in [1.54, 1.807) is 0 Å². The van der Waals surface area contributed by atoms with Crippen molar-refractivity contribution in [1.29, 1.82) is 0 Å². The summed E-state index contributed by atoms with van der Waals surface area (Å²) in [7, 11) is 3.79. The lowest BCUT2D eigenvalue weighted by Crippen LogP contribution is -2.27. The second kappa shape index (κ2) is 6.13. The molecule has 21 heavy (non-hydrogen) atoms. The molecule has 0 aliphatic carbocycles. The Bertz CT molecular complexity index is 707. The van der Waals surface area contributed by atoms with Gasteiger partial charge in [0, 0.05) is 32.0 Å². The number of nitrogen functional groups attached to an aromatic ring is 1. The van der Waals surface area contributed by atoms with Gasteiger partial charge in [-0.1, -0.05) is 12.1 Å². The third-order valence-electron chi connectivity index (χ3n) is 2.98. The van der Waals surface area contributed by atoms with Gasteiger partial charge >= 0.3 is 0 Å². The lowest BCUT2D eigenvalue weighted by atomic mass is 10.2.